The Morgan fingerprint density at radius 2 is 0.947 bits per heavy atom. The Hall–Kier alpha value is -5.60. The number of hydrogen-bond acceptors (Lipinski definition) is 4. The van der Waals surface area contributed by atoms with Gasteiger partial charge in [-0.25, -0.2) is 0 Å². The monoisotopic (exact) mass is 850 g/mol. The molecule has 0 atom stereocenters. The van der Waals surface area contributed by atoms with E-state index in [0.717, 1.165) is 113 Å². The SMILES string of the molecule is CCC[CH2][Sn]1([CH2]CCC)[c]2cc3c4c(ccc5c6ccc7c8c(c[c]1c(c2c45)c86)C(=O)N(c1cccc2c1C=CC2)C7=O)C(=O)N(c1cccc2c1C=CC2)C3=O. The van der Waals surface area contributed by atoms with Gasteiger partial charge in [0.1, 0.15) is 0 Å². The molecule has 7 aromatic carbocycles. The topological polar surface area (TPSA) is 74.8 Å². The number of unbranched alkanes of at least 4 members (excludes halogenated alkanes) is 2. The Bertz CT molecular complexity index is 2940. The van der Waals surface area contributed by atoms with Gasteiger partial charge in [-0.1, -0.05) is 0 Å². The van der Waals surface area contributed by atoms with Crippen molar-refractivity contribution in [1.29, 1.82) is 0 Å². The summed E-state index contributed by atoms with van der Waals surface area (Å²) >= 11 is -3.79. The molecule has 0 spiro atoms. The number of fused-ring (bicyclic) bond motifs is 3. The number of hydrogen-bond donors (Lipinski definition) is 0. The second-order valence-corrected chi connectivity index (χ2v) is 28.7. The summed E-state index contributed by atoms with van der Waals surface area (Å²) < 4.78 is 4.76. The zero-order valence-corrected chi connectivity index (χ0v) is 34.8. The Morgan fingerprint density at radius 1 is 0.509 bits per heavy atom. The van der Waals surface area contributed by atoms with E-state index in [2.05, 4.69) is 62.4 Å². The maximum absolute atomic E-state index is 15.1. The zero-order valence-electron chi connectivity index (χ0n) is 31.9. The molecule has 4 amide bonds. The molecule has 12 rings (SSSR count). The first-order valence-electron chi connectivity index (χ1n) is 20.5. The van der Waals surface area contributed by atoms with Crippen molar-refractivity contribution in [1.82, 2.24) is 0 Å². The van der Waals surface area contributed by atoms with Gasteiger partial charge in [-0.05, 0) is 0 Å². The molecule has 0 radical (unpaired) electrons. The predicted octanol–water partition coefficient (Wildman–Crippen LogP) is 9.95. The fourth-order valence-corrected chi connectivity index (χ4v) is 28.0. The normalized spacial score (nSPS) is 16.9. The zero-order chi connectivity index (χ0) is 38.5. The molecule has 3 aliphatic heterocycles. The molecule has 5 aliphatic rings. The number of imide groups is 2. The fraction of sp³-hybridized carbons (Fsp3) is 0.200. The van der Waals surface area contributed by atoms with Crippen molar-refractivity contribution in [3.8, 4) is 0 Å². The van der Waals surface area contributed by atoms with E-state index in [1.807, 2.05) is 48.6 Å². The number of allylic oxidation sites excluding steroid dienone is 2. The van der Waals surface area contributed by atoms with Gasteiger partial charge in [-0.2, -0.15) is 0 Å². The summed E-state index contributed by atoms with van der Waals surface area (Å²) in [5, 5.41) is 7.71. The molecule has 0 saturated carbocycles. The number of carbonyl (C=O) groups excluding carboxylic acids is 4. The third kappa shape index (κ3) is 4.07. The van der Waals surface area contributed by atoms with Gasteiger partial charge in [0.05, 0.1) is 0 Å². The standard InChI is InChI=1S/C42H20N2O4.2C4H9.Sn/c45-39-29-17-13-25-27-15-19-31-38-32(42(48)44(41(31)47)34-12-4-8-22-6-2-10-24(22)34)20-16-28(36(27)38)26-14-18-30(37(29)35(25)26)40(46)43(39)33-11-3-7-21-5-1-9-23(21)33;2*1-3-4-2;/h1-4,7-13,15,17-20H,5-6H2;2*1,3-4H2,2H3;. The van der Waals surface area contributed by atoms with Crippen molar-refractivity contribution in [2.45, 2.75) is 61.2 Å². The van der Waals surface area contributed by atoms with Crippen molar-refractivity contribution in [3.63, 3.8) is 0 Å². The summed E-state index contributed by atoms with van der Waals surface area (Å²) in [6.45, 7) is 4.49. The summed E-state index contributed by atoms with van der Waals surface area (Å²) in [4.78, 5) is 62.6. The van der Waals surface area contributed by atoms with E-state index in [9.17, 15) is 9.59 Å². The number of benzene rings is 7. The first-order chi connectivity index (χ1) is 27.9. The van der Waals surface area contributed by atoms with Crippen molar-refractivity contribution in [2.75, 3.05) is 9.80 Å². The first kappa shape index (κ1) is 33.5. The van der Waals surface area contributed by atoms with Crippen LogP contribution in [-0.2, 0) is 12.8 Å². The predicted molar refractivity (Wildman–Crippen MR) is 233 cm³/mol. The summed E-state index contributed by atoms with van der Waals surface area (Å²) in [6, 6.07) is 24.2. The van der Waals surface area contributed by atoms with E-state index >= 15 is 9.59 Å². The van der Waals surface area contributed by atoms with E-state index in [4.69, 9.17) is 0 Å². The molecule has 2 aliphatic carbocycles. The van der Waals surface area contributed by atoms with Crippen LogP contribution in [0.1, 0.15) is 103 Å². The molecule has 0 fully saturated rings. The van der Waals surface area contributed by atoms with Crippen LogP contribution in [0.3, 0.4) is 0 Å². The molecule has 7 heteroatoms. The molecular formula is C50H38N2O4Sn. The number of carbonyl (C=O) groups is 4. The quantitative estimate of drug-likeness (QED) is 0.0661. The molecule has 0 saturated heterocycles. The van der Waals surface area contributed by atoms with Crippen LogP contribution in [-0.4, -0.2) is 42.0 Å². The van der Waals surface area contributed by atoms with Crippen LogP contribution in [0.2, 0.25) is 8.87 Å². The molecule has 3 heterocycles. The summed E-state index contributed by atoms with van der Waals surface area (Å²) in [7, 11) is 0. The molecule has 0 aromatic heterocycles. The van der Waals surface area contributed by atoms with Gasteiger partial charge >= 0.3 is 335 Å². The van der Waals surface area contributed by atoms with Crippen LogP contribution < -0.4 is 17.0 Å². The van der Waals surface area contributed by atoms with Crippen molar-refractivity contribution in [3.05, 3.63) is 129 Å². The van der Waals surface area contributed by atoms with E-state index in [0.29, 0.717) is 33.6 Å². The van der Waals surface area contributed by atoms with Gasteiger partial charge in [0, 0.05) is 0 Å². The van der Waals surface area contributed by atoms with Crippen LogP contribution in [0.4, 0.5) is 11.4 Å². The molecule has 0 N–H and O–H groups in total. The average Bonchev–Trinajstić information content (AvgIpc) is 3.98. The second-order valence-electron chi connectivity index (χ2n) is 16.6. The minimum absolute atomic E-state index is 0.269. The van der Waals surface area contributed by atoms with Gasteiger partial charge in [0.2, 0.25) is 0 Å². The van der Waals surface area contributed by atoms with Crippen LogP contribution in [0.15, 0.2) is 84.9 Å². The van der Waals surface area contributed by atoms with Gasteiger partial charge in [0.25, 0.3) is 0 Å². The van der Waals surface area contributed by atoms with Crippen LogP contribution in [0, 0.1) is 0 Å². The molecule has 0 bridgehead atoms. The van der Waals surface area contributed by atoms with E-state index in [1.165, 1.54) is 17.0 Å². The summed E-state index contributed by atoms with van der Waals surface area (Å²) in [5.74, 6) is -1.14. The van der Waals surface area contributed by atoms with Crippen molar-refractivity contribution in [2.24, 2.45) is 0 Å². The fourth-order valence-electron chi connectivity index (χ4n) is 11.4. The Kier molecular flexibility index (Phi) is 6.90. The Morgan fingerprint density at radius 3 is 1.39 bits per heavy atom. The van der Waals surface area contributed by atoms with E-state index < -0.39 is 18.4 Å². The molecule has 276 valence electrons. The van der Waals surface area contributed by atoms with Gasteiger partial charge in [-0.15, -0.1) is 0 Å². The number of amides is 4. The molecule has 0 unspecified atom stereocenters. The Labute approximate surface area is 333 Å². The molecule has 57 heavy (non-hydrogen) atoms. The van der Waals surface area contributed by atoms with Crippen molar-refractivity contribution >= 4 is 116 Å². The second kappa shape index (κ2) is 11.7. The summed E-state index contributed by atoms with van der Waals surface area (Å²) in [6.07, 6.45) is 14.0. The third-order valence-electron chi connectivity index (χ3n) is 13.9. The van der Waals surface area contributed by atoms with Crippen LogP contribution >= 0.6 is 0 Å². The first-order valence-corrected chi connectivity index (χ1v) is 27.4. The number of anilines is 2. The molecular weight excluding hydrogens is 811 g/mol. The average molecular weight is 850 g/mol. The van der Waals surface area contributed by atoms with Crippen LogP contribution in [0.25, 0.3) is 55.2 Å². The van der Waals surface area contributed by atoms with Crippen LogP contribution in [0.5, 0.6) is 0 Å². The van der Waals surface area contributed by atoms with Gasteiger partial charge in [0.15, 0.2) is 0 Å². The maximum atomic E-state index is 15.1. The molecule has 7 aromatic rings. The van der Waals surface area contributed by atoms with Gasteiger partial charge < -0.3 is 0 Å². The third-order valence-corrected chi connectivity index (χ3v) is 28.9. The van der Waals surface area contributed by atoms with Crippen molar-refractivity contribution < 1.29 is 19.2 Å². The van der Waals surface area contributed by atoms with E-state index in [-0.39, 0.29) is 23.6 Å². The van der Waals surface area contributed by atoms with Gasteiger partial charge in [-0.3, -0.25) is 0 Å². The summed E-state index contributed by atoms with van der Waals surface area (Å²) in [5.41, 5.74) is 7.65. The van der Waals surface area contributed by atoms with E-state index in [1.54, 1.807) is 0 Å². The molecule has 6 nitrogen and oxygen atoms in total. The Balaban J connectivity index is 1.19. The number of nitrogens with zero attached hydrogens (tertiary/aromatic N) is 2. The minimum atomic E-state index is -3.79. The number of rotatable bonds is 8.